The van der Waals surface area contributed by atoms with Gasteiger partial charge in [0.05, 0.1) is 6.04 Å². The van der Waals surface area contributed by atoms with Gasteiger partial charge < -0.3 is 5.32 Å². The van der Waals surface area contributed by atoms with Crippen LogP contribution in [0, 0.1) is 0 Å². The molecule has 1 atom stereocenters. The zero-order valence-corrected chi connectivity index (χ0v) is 20.6. The van der Waals surface area contributed by atoms with Gasteiger partial charge in [-0.2, -0.15) is 0 Å². The Morgan fingerprint density at radius 2 is 1.17 bits per heavy atom. The summed E-state index contributed by atoms with van der Waals surface area (Å²) < 4.78 is 0. The molecule has 0 saturated carbocycles. The molecule has 0 aliphatic rings. The molecule has 1 nitrogen and oxygen atoms in total. The van der Waals surface area contributed by atoms with E-state index in [9.17, 15) is 0 Å². The number of benzene rings is 1. The molecule has 1 unspecified atom stereocenters. The lowest BCUT2D eigenvalue weighted by Gasteiger charge is -2.31. The fourth-order valence-electron chi connectivity index (χ4n) is 4.37. The van der Waals surface area contributed by atoms with Crippen LogP contribution in [0.5, 0.6) is 0 Å². The predicted molar refractivity (Wildman–Crippen MR) is 136 cm³/mol. The smallest absolute Gasteiger partial charge is 0.0507 e. The summed E-state index contributed by atoms with van der Waals surface area (Å²) in [4.78, 5) is 0. The largest absolute Gasteiger partial charge is 0.302 e. The molecule has 0 spiro atoms. The molecule has 0 heterocycles. The SMILES string of the molecule is C=CC(NC(C)(C)CCCCCCCCCCCCCCCCC)c1ccccc1. The molecule has 172 valence electrons. The lowest BCUT2D eigenvalue weighted by Crippen LogP contribution is -2.41. The summed E-state index contributed by atoms with van der Waals surface area (Å²) in [6, 6.07) is 10.9. The third-order valence-electron chi connectivity index (χ3n) is 6.35. The van der Waals surface area contributed by atoms with Gasteiger partial charge in [-0.1, -0.05) is 140 Å². The lowest BCUT2D eigenvalue weighted by atomic mass is 9.93. The second-order valence-corrected chi connectivity index (χ2v) is 9.85. The van der Waals surface area contributed by atoms with Crippen molar-refractivity contribution in [3.63, 3.8) is 0 Å². The maximum Gasteiger partial charge on any atom is 0.0507 e. The van der Waals surface area contributed by atoms with Crippen molar-refractivity contribution in [3.05, 3.63) is 48.6 Å². The van der Waals surface area contributed by atoms with Crippen LogP contribution in [0.1, 0.15) is 135 Å². The standard InChI is InChI=1S/C29H51N/c1-5-7-8-9-10-11-12-13-14-15-16-17-18-19-23-26-29(3,4)30-28(6-2)27-24-21-20-22-25-27/h6,20-22,24-25,28,30H,2,5,7-19,23,26H2,1,3-4H3. The van der Waals surface area contributed by atoms with Gasteiger partial charge in [0, 0.05) is 5.54 Å². The predicted octanol–water partition coefficient (Wildman–Crippen LogP) is 9.54. The first-order valence-electron chi connectivity index (χ1n) is 13.0. The first-order valence-corrected chi connectivity index (χ1v) is 13.0. The van der Waals surface area contributed by atoms with Gasteiger partial charge in [0.15, 0.2) is 0 Å². The normalized spacial score (nSPS) is 12.8. The van der Waals surface area contributed by atoms with E-state index in [4.69, 9.17) is 0 Å². The van der Waals surface area contributed by atoms with Crippen LogP contribution < -0.4 is 5.32 Å². The maximum absolute atomic E-state index is 4.04. The van der Waals surface area contributed by atoms with Gasteiger partial charge in [0.1, 0.15) is 0 Å². The molecule has 1 heteroatoms. The summed E-state index contributed by atoms with van der Waals surface area (Å²) in [5.41, 5.74) is 1.45. The summed E-state index contributed by atoms with van der Waals surface area (Å²) in [7, 11) is 0. The van der Waals surface area contributed by atoms with Gasteiger partial charge >= 0.3 is 0 Å². The molecule has 30 heavy (non-hydrogen) atoms. The highest BCUT2D eigenvalue weighted by Gasteiger charge is 2.20. The monoisotopic (exact) mass is 413 g/mol. The Balaban J connectivity index is 1.97. The van der Waals surface area contributed by atoms with E-state index in [0.717, 1.165) is 0 Å². The molecule has 0 amide bonds. The molecule has 1 rings (SSSR count). The Bertz CT molecular complexity index is 504. The summed E-state index contributed by atoms with van der Waals surface area (Å²) in [5.74, 6) is 0. The number of hydrogen-bond donors (Lipinski definition) is 1. The Morgan fingerprint density at radius 1 is 0.733 bits per heavy atom. The Morgan fingerprint density at radius 3 is 1.60 bits per heavy atom. The van der Waals surface area contributed by atoms with E-state index >= 15 is 0 Å². The highest BCUT2D eigenvalue weighted by atomic mass is 15.0. The third-order valence-corrected chi connectivity index (χ3v) is 6.35. The van der Waals surface area contributed by atoms with Crippen molar-refractivity contribution in [2.24, 2.45) is 0 Å². The van der Waals surface area contributed by atoms with Crippen LogP contribution in [0.3, 0.4) is 0 Å². The molecular weight excluding hydrogens is 362 g/mol. The van der Waals surface area contributed by atoms with Gasteiger partial charge in [-0.15, -0.1) is 6.58 Å². The first-order chi connectivity index (χ1) is 14.6. The first kappa shape index (κ1) is 27.0. The minimum absolute atomic E-state index is 0.144. The third kappa shape index (κ3) is 14.0. The molecule has 0 radical (unpaired) electrons. The fourth-order valence-corrected chi connectivity index (χ4v) is 4.37. The van der Waals surface area contributed by atoms with Crippen LogP contribution in [0.4, 0.5) is 0 Å². The summed E-state index contributed by atoms with van der Waals surface area (Å²) in [5, 5.41) is 3.79. The zero-order valence-electron chi connectivity index (χ0n) is 20.6. The van der Waals surface area contributed by atoms with Crippen LogP contribution in [0.15, 0.2) is 43.0 Å². The van der Waals surface area contributed by atoms with Crippen LogP contribution in [0.25, 0.3) is 0 Å². The minimum Gasteiger partial charge on any atom is -0.302 e. The van der Waals surface area contributed by atoms with E-state index in [-0.39, 0.29) is 11.6 Å². The molecule has 0 aromatic heterocycles. The average molecular weight is 414 g/mol. The summed E-state index contributed by atoms with van der Waals surface area (Å²) in [6.07, 6.45) is 24.6. The van der Waals surface area contributed by atoms with Crippen molar-refractivity contribution >= 4 is 0 Å². The van der Waals surface area contributed by atoms with Gasteiger partial charge in [-0.05, 0) is 25.8 Å². The molecule has 0 fully saturated rings. The fraction of sp³-hybridized carbons (Fsp3) is 0.724. The number of nitrogens with one attached hydrogen (secondary N) is 1. The van der Waals surface area contributed by atoms with Crippen molar-refractivity contribution in [2.45, 2.75) is 135 Å². The summed E-state index contributed by atoms with van der Waals surface area (Å²) >= 11 is 0. The second-order valence-electron chi connectivity index (χ2n) is 9.85. The topological polar surface area (TPSA) is 12.0 Å². The summed E-state index contributed by atoms with van der Waals surface area (Å²) in [6.45, 7) is 11.0. The van der Waals surface area contributed by atoms with Crippen LogP contribution >= 0.6 is 0 Å². The van der Waals surface area contributed by atoms with Crippen LogP contribution in [0.2, 0.25) is 0 Å². The Hall–Kier alpha value is -1.08. The molecular formula is C29H51N. The number of hydrogen-bond acceptors (Lipinski definition) is 1. The van der Waals surface area contributed by atoms with E-state index in [0.29, 0.717) is 0 Å². The van der Waals surface area contributed by atoms with Crippen molar-refractivity contribution in [3.8, 4) is 0 Å². The van der Waals surface area contributed by atoms with E-state index in [1.165, 1.54) is 108 Å². The molecule has 1 aromatic carbocycles. The van der Waals surface area contributed by atoms with Crippen molar-refractivity contribution in [1.82, 2.24) is 5.32 Å². The highest BCUT2D eigenvalue weighted by Crippen LogP contribution is 2.22. The molecule has 1 aromatic rings. The average Bonchev–Trinajstić information content (AvgIpc) is 2.75. The van der Waals surface area contributed by atoms with E-state index < -0.39 is 0 Å². The van der Waals surface area contributed by atoms with Crippen molar-refractivity contribution in [2.75, 3.05) is 0 Å². The minimum atomic E-state index is 0.144. The van der Waals surface area contributed by atoms with E-state index in [1.807, 2.05) is 6.08 Å². The highest BCUT2D eigenvalue weighted by molar-refractivity contribution is 5.22. The lowest BCUT2D eigenvalue weighted by molar-refractivity contribution is 0.327. The van der Waals surface area contributed by atoms with Crippen LogP contribution in [-0.2, 0) is 0 Å². The van der Waals surface area contributed by atoms with Crippen LogP contribution in [-0.4, -0.2) is 5.54 Å². The van der Waals surface area contributed by atoms with Gasteiger partial charge in [0.25, 0.3) is 0 Å². The molecule has 1 N–H and O–H groups in total. The van der Waals surface area contributed by atoms with E-state index in [1.54, 1.807) is 0 Å². The zero-order chi connectivity index (χ0) is 21.9. The van der Waals surface area contributed by atoms with Crippen molar-refractivity contribution < 1.29 is 0 Å². The number of unbranched alkanes of at least 4 members (excludes halogenated alkanes) is 14. The van der Waals surface area contributed by atoms with Gasteiger partial charge in [-0.3, -0.25) is 0 Å². The molecule has 0 aliphatic carbocycles. The molecule has 0 saturated heterocycles. The molecule has 0 aliphatic heterocycles. The Kier molecular flexibility index (Phi) is 15.8. The van der Waals surface area contributed by atoms with Gasteiger partial charge in [-0.25, -0.2) is 0 Å². The van der Waals surface area contributed by atoms with Crippen molar-refractivity contribution in [1.29, 1.82) is 0 Å². The quantitative estimate of drug-likeness (QED) is 0.166. The number of rotatable bonds is 20. The van der Waals surface area contributed by atoms with E-state index in [2.05, 4.69) is 63.0 Å². The maximum atomic E-state index is 4.04. The molecule has 0 bridgehead atoms. The Labute approximate surface area is 189 Å². The van der Waals surface area contributed by atoms with Gasteiger partial charge in [0.2, 0.25) is 0 Å². The second kappa shape index (κ2) is 17.6.